The molecule has 0 radical (unpaired) electrons. The van der Waals surface area contributed by atoms with Crippen molar-refractivity contribution < 1.29 is 14.6 Å². The molecule has 0 aliphatic rings. The second-order valence-corrected chi connectivity index (χ2v) is 3.34. The zero-order valence-electron chi connectivity index (χ0n) is 8.85. The van der Waals surface area contributed by atoms with Crippen molar-refractivity contribution in [2.75, 3.05) is 6.61 Å². The van der Waals surface area contributed by atoms with Crippen molar-refractivity contribution in [3.05, 3.63) is 29.8 Å². The summed E-state index contributed by atoms with van der Waals surface area (Å²) in [6, 6.07) is 8.93. The van der Waals surface area contributed by atoms with Gasteiger partial charge in [-0.2, -0.15) is 5.26 Å². The summed E-state index contributed by atoms with van der Waals surface area (Å²) in [7, 11) is 0. The molecule has 84 valence electrons. The average Bonchev–Trinajstić information content (AvgIpc) is 2.28. The number of carbonyl (C=O) groups is 1. The number of ether oxygens (including phenoxy) is 1. The first-order chi connectivity index (χ1) is 7.72. The molecule has 0 saturated heterocycles. The summed E-state index contributed by atoms with van der Waals surface area (Å²) in [5.41, 5.74) is 0.558. The van der Waals surface area contributed by atoms with E-state index in [0.717, 1.165) is 0 Å². The van der Waals surface area contributed by atoms with Crippen LogP contribution < -0.4 is 4.74 Å². The van der Waals surface area contributed by atoms with E-state index < -0.39 is 5.97 Å². The molecule has 0 unspecified atom stereocenters. The number of carboxylic acid groups (broad SMARTS) is 1. The molecule has 1 rings (SSSR count). The van der Waals surface area contributed by atoms with E-state index in [4.69, 9.17) is 15.1 Å². The van der Waals surface area contributed by atoms with Crippen LogP contribution in [0.25, 0.3) is 0 Å². The summed E-state index contributed by atoms with van der Waals surface area (Å²) >= 11 is 0. The van der Waals surface area contributed by atoms with E-state index >= 15 is 0 Å². The maximum absolute atomic E-state index is 10.2. The lowest BCUT2D eigenvalue weighted by atomic mass is 10.2. The van der Waals surface area contributed by atoms with Gasteiger partial charge >= 0.3 is 5.97 Å². The highest BCUT2D eigenvalue weighted by Gasteiger charge is 1.98. The van der Waals surface area contributed by atoms with E-state index in [1.807, 2.05) is 6.07 Å². The normalized spacial score (nSPS) is 9.44. The summed E-state index contributed by atoms with van der Waals surface area (Å²) in [4.78, 5) is 10.2. The lowest BCUT2D eigenvalue weighted by Crippen LogP contribution is -2.00. The molecular weight excluding hydrogens is 206 g/mol. The third-order valence-corrected chi connectivity index (χ3v) is 2.02. The first-order valence-corrected chi connectivity index (χ1v) is 5.07. The molecule has 0 aliphatic carbocycles. The maximum atomic E-state index is 10.2. The minimum Gasteiger partial charge on any atom is -0.494 e. The number of carboxylic acids is 1. The van der Waals surface area contributed by atoms with Crippen LogP contribution in [-0.4, -0.2) is 17.7 Å². The van der Waals surface area contributed by atoms with Crippen LogP contribution in [0.2, 0.25) is 0 Å². The number of benzene rings is 1. The molecule has 16 heavy (non-hydrogen) atoms. The average molecular weight is 219 g/mol. The fourth-order valence-electron chi connectivity index (χ4n) is 1.22. The smallest absolute Gasteiger partial charge is 0.303 e. The van der Waals surface area contributed by atoms with Crippen LogP contribution in [0.15, 0.2) is 24.3 Å². The molecular formula is C12H13NO3. The first kappa shape index (κ1) is 12.1. The second-order valence-electron chi connectivity index (χ2n) is 3.34. The minimum absolute atomic E-state index is 0.168. The van der Waals surface area contributed by atoms with E-state index in [0.29, 0.717) is 30.8 Å². The number of hydrogen-bond acceptors (Lipinski definition) is 3. The van der Waals surface area contributed by atoms with Crippen LogP contribution in [0.1, 0.15) is 24.8 Å². The zero-order chi connectivity index (χ0) is 11.8. The van der Waals surface area contributed by atoms with Crippen molar-refractivity contribution >= 4 is 5.97 Å². The van der Waals surface area contributed by atoms with Crippen LogP contribution in [0.4, 0.5) is 0 Å². The van der Waals surface area contributed by atoms with Gasteiger partial charge in [0.15, 0.2) is 0 Å². The van der Waals surface area contributed by atoms with Crippen molar-refractivity contribution in [2.24, 2.45) is 0 Å². The summed E-state index contributed by atoms with van der Waals surface area (Å²) in [5, 5.41) is 17.1. The number of hydrogen-bond donors (Lipinski definition) is 1. The number of unbranched alkanes of at least 4 members (excludes halogenated alkanes) is 1. The Labute approximate surface area is 94.1 Å². The van der Waals surface area contributed by atoms with Crippen molar-refractivity contribution in [1.82, 2.24) is 0 Å². The van der Waals surface area contributed by atoms with Crippen LogP contribution in [0.3, 0.4) is 0 Å². The van der Waals surface area contributed by atoms with Crippen LogP contribution in [0, 0.1) is 11.3 Å². The Morgan fingerprint density at radius 3 is 2.94 bits per heavy atom. The Bertz CT molecular complexity index is 395. The first-order valence-electron chi connectivity index (χ1n) is 5.07. The van der Waals surface area contributed by atoms with Gasteiger partial charge in [0.1, 0.15) is 5.75 Å². The van der Waals surface area contributed by atoms with E-state index in [1.54, 1.807) is 24.3 Å². The summed E-state index contributed by atoms with van der Waals surface area (Å²) in [5.74, 6) is -0.138. The third kappa shape index (κ3) is 4.47. The Morgan fingerprint density at radius 2 is 2.25 bits per heavy atom. The lowest BCUT2D eigenvalue weighted by molar-refractivity contribution is -0.137. The molecule has 4 nitrogen and oxygen atoms in total. The van der Waals surface area contributed by atoms with Crippen LogP contribution in [0.5, 0.6) is 5.75 Å². The standard InChI is InChI=1S/C12H13NO3/c13-9-10-4-3-5-11(8-10)16-7-2-1-6-12(14)15/h3-5,8H,1-2,6-7H2,(H,14,15). The Hall–Kier alpha value is -2.02. The van der Waals surface area contributed by atoms with Gasteiger partial charge < -0.3 is 9.84 Å². The molecule has 1 aromatic rings. The van der Waals surface area contributed by atoms with Gasteiger partial charge in [0.25, 0.3) is 0 Å². The number of rotatable bonds is 6. The van der Waals surface area contributed by atoms with Crippen molar-refractivity contribution in [2.45, 2.75) is 19.3 Å². The van der Waals surface area contributed by atoms with E-state index in [-0.39, 0.29) is 6.42 Å². The number of nitriles is 1. The van der Waals surface area contributed by atoms with Crippen LogP contribution >= 0.6 is 0 Å². The highest BCUT2D eigenvalue weighted by molar-refractivity contribution is 5.66. The van der Waals surface area contributed by atoms with Gasteiger partial charge in [-0.1, -0.05) is 6.07 Å². The monoisotopic (exact) mass is 219 g/mol. The van der Waals surface area contributed by atoms with Gasteiger partial charge in [-0.05, 0) is 31.0 Å². The Morgan fingerprint density at radius 1 is 1.44 bits per heavy atom. The van der Waals surface area contributed by atoms with Crippen LogP contribution in [-0.2, 0) is 4.79 Å². The van der Waals surface area contributed by atoms with Gasteiger partial charge in [0, 0.05) is 6.42 Å². The van der Waals surface area contributed by atoms with Gasteiger partial charge in [-0.25, -0.2) is 0 Å². The predicted molar refractivity (Wildman–Crippen MR) is 58.1 cm³/mol. The predicted octanol–water partition coefficient (Wildman–Crippen LogP) is 2.19. The molecule has 0 amide bonds. The highest BCUT2D eigenvalue weighted by Crippen LogP contribution is 2.13. The molecule has 0 heterocycles. The third-order valence-electron chi connectivity index (χ3n) is 2.02. The Balaban J connectivity index is 2.27. The Kier molecular flexibility index (Phi) is 4.87. The minimum atomic E-state index is -0.786. The van der Waals surface area contributed by atoms with Crippen molar-refractivity contribution in [1.29, 1.82) is 5.26 Å². The molecule has 0 saturated carbocycles. The van der Waals surface area contributed by atoms with Gasteiger partial charge in [0.2, 0.25) is 0 Å². The fraction of sp³-hybridized carbons (Fsp3) is 0.333. The lowest BCUT2D eigenvalue weighted by Gasteiger charge is -2.05. The summed E-state index contributed by atoms with van der Waals surface area (Å²) in [6.07, 6.45) is 1.47. The summed E-state index contributed by atoms with van der Waals surface area (Å²) in [6.45, 7) is 0.474. The largest absolute Gasteiger partial charge is 0.494 e. The van der Waals surface area contributed by atoms with Crippen molar-refractivity contribution in [3.8, 4) is 11.8 Å². The highest BCUT2D eigenvalue weighted by atomic mass is 16.5. The molecule has 1 N–H and O–H groups in total. The van der Waals surface area contributed by atoms with Gasteiger partial charge in [-0.15, -0.1) is 0 Å². The molecule has 0 atom stereocenters. The molecule has 1 aromatic carbocycles. The topological polar surface area (TPSA) is 70.3 Å². The quantitative estimate of drug-likeness (QED) is 0.744. The molecule has 0 aliphatic heterocycles. The maximum Gasteiger partial charge on any atom is 0.303 e. The fourth-order valence-corrected chi connectivity index (χ4v) is 1.22. The molecule has 0 bridgehead atoms. The van der Waals surface area contributed by atoms with Gasteiger partial charge in [0.05, 0.1) is 18.2 Å². The SMILES string of the molecule is N#Cc1cccc(OCCCCC(=O)O)c1. The molecule has 0 fully saturated rings. The second kappa shape index (κ2) is 6.46. The van der Waals surface area contributed by atoms with E-state index in [2.05, 4.69) is 0 Å². The summed E-state index contributed by atoms with van der Waals surface area (Å²) < 4.78 is 5.39. The zero-order valence-corrected chi connectivity index (χ0v) is 8.85. The van der Waals surface area contributed by atoms with E-state index in [9.17, 15) is 4.79 Å². The number of aliphatic carboxylic acids is 1. The number of nitrogens with zero attached hydrogens (tertiary/aromatic N) is 1. The van der Waals surface area contributed by atoms with Crippen molar-refractivity contribution in [3.63, 3.8) is 0 Å². The molecule has 0 aromatic heterocycles. The molecule has 4 heteroatoms. The molecule has 0 spiro atoms. The van der Waals surface area contributed by atoms with Gasteiger partial charge in [-0.3, -0.25) is 4.79 Å². The van der Waals surface area contributed by atoms with E-state index in [1.165, 1.54) is 0 Å².